The Balaban J connectivity index is 1.73. The van der Waals surface area contributed by atoms with Gasteiger partial charge in [0.1, 0.15) is 22.7 Å². The van der Waals surface area contributed by atoms with Crippen LogP contribution in [-0.4, -0.2) is 24.7 Å². The topological polar surface area (TPSA) is 43.4 Å². The molecule has 0 amide bonds. The Morgan fingerprint density at radius 1 is 1.07 bits per heavy atom. The summed E-state index contributed by atoms with van der Waals surface area (Å²) >= 11 is 23.4. The van der Waals surface area contributed by atoms with Crippen molar-refractivity contribution in [3.8, 4) is 11.5 Å². The molecule has 30 heavy (non-hydrogen) atoms. The van der Waals surface area contributed by atoms with E-state index in [1.165, 1.54) is 12.1 Å². The summed E-state index contributed by atoms with van der Waals surface area (Å²) < 4.78 is 48.6. The third kappa shape index (κ3) is 8.30. The van der Waals surface area contributed by atoms with Crippen molar-refractivity contribution in [1.82, 2.24) is 4.98 Å². The minimum Gasteiger partial charge on any atom is -0.490 e. The zero-order valence-corrected chi connectivity index (χ0v) is 18.4. The number of hydrogen-bond donors (Lipinski definition) is 1. The van der Waals surface area contributed by atoms with E-state index in [1.807, 2.05) is 0 Å². The first-order chi connectivity index (χ1) is 14.2. The van der Waals surface area contributed by atoms with Crippen LogP contribution in [0.1, 0.15) is 18.4 Å². The number of alkyl halides is 3. The number of unbranched alkanes of at least 4 members (excludes halogenated alkanes) is 1. The van der Waals surface area contributed by atoms with E-state index in [2.05, 4.69) is 10.3 Å². The predicted octanol–water partition coefficient (Wildman–Crippen LogP) is 7.38. The molecule has 0 saturated carbocycles. The molecule has 1 aromatic heterocycles. The summed E-state index contributed by atoms with van der Waals surface area (Å²) in [5.74, 6) is 1.15. The van der Waals surface area contributed by atoms with Gasteiger partial charge in [0.15, 0.2) is 5.75 Å². The Morgan fingerprint density at radius 2 is 1.77 bits per heavy atom. The number of rotatable bonds is 10. The fraction of sp³-hybridized carbons (Fsp3) is 0.316. The average Bonchev–Trinajstić information content (AvgIpc) is 2.65. The highest BCUT2D eigenvalue weighted by molar-refractivity contribution is 6.55. The zero-order chi connectivity index (χ0) is 22.1. The van der Waals surface area contributed by atoms with Crippen LogP contribution in [0.4, 0.5) is 19.0 Å². The molecule has 1 heterocycles. The van der Waals surface area contributed by atoms with Crippen LogP contribution >= 0.6 is 46.4 Å². The summed E-state index contributed by atoms with van der Waals surface area (Å²) in [7, 11) is 0. The van der Waals surface area contributed by atoms with Gasteiger partial charge in [0.25, 0.3) is 0 Å². The largest absolute Gasteiger partial charge is 0.490 e. The summed E-state index contributed by atoms with van der Waals surface area (Å²) in [6.45, 7) is 1.04. The van der Waals surface area contributed by atoms with E-state index in [0.717, 1.165) is 12.3 Å². The van der Waals surface area contributed by atoms with Gasteiger partial charge in [0.05, 0.1) is 22.2 Å². The summed E-state index contributed by atoms with van der Waals surface area (Å²) in [6, 6.07) is 5.41. The molecule has 4 nitrogen and oxygen atoms in total. The maximum absolute atomic E-state index is 12.5. The van der Waals surface area contributed by atoms with Crippen LogP contribution in [0.15, 0.2) is 41.0 Å². The van der Waals surface area contributed by atoms with Crippen molar-refractivity contribution in [2.24, 2.45) is 0 Å². The van der Waals surface area contributed by atoms with E-state index in [9.17, 15) is 13.2 Å². The number of hydrogen-bond acceptors (Lipinski definition) is 4. The standard InChI is InChI=1S/C19H17Cl4F3N2O2/c20-14-9-13(29-8-5-16(22)23)10-15(21)18(14)30-7-2-1-6-27-17-4-3-12(11-28-17)19(24,25)26/h3-5,9-11H,1-2,6-8H2,(H,27,28). The highest BCUT2D eigenvalue weighted by atomic mass is 35.5. The van der Waals surface area contributed by atoms with E-state index in [1.54, 1.807) is 12.1 Å². The molecule has 0 bridgehead atoms. The first kappa shape index (κ1) is 24.7. The quantitative estimate of drug-likeness (QED) is 0.343. The van der Waals surface area contributed by atoms with Gasteiger partial charge in [-0.25, -0.2) is 4.98 Å². The molecule has 1 aromatic carbocycles. The Hall–Kier alpha value is -1.54. The molecule has 0 saturated heterocycles. The van der Waals surface area contributed by atoms with Crippen LogP contribution in [0.2, 0.25) is 10.0 Å². The minimum absolute atomic E-state index is 0.0933. The molecular formula is C19H17Cl4F3N2O2. The second kappa shape index (κ2) is 11.7. The van der Waals surface area contributed by atoms with Gasteiger partial charge in [-0.1, -0.05) is 46.4 Å². The number of anilines is 1. The summed E-state index contributed by atoms with van der Waals surface area (Å²) in [5, 5.41) is 3.55. The highest BCUT2D eigenvalue weighted by Crippen LogP contribution is 2.37. The first-order valence-corrected chi connectivity index (χ1v) is 10.2. The molecule has 0 atom stereocenters. The number of halogens is 7. The van der Waals surface area contributed by atoms with Gasteiger partial charge >= 0.3 is 6.18 Å². The summed E-state index contributed by atoms with van der Waals surface area (Å²) in [5.41, 5.74) is -0.786. The van der Waals surface area contributed by atoms with Crippen LogP contribution in [0.3, 0.4) is 0 Å². The average molecular weight is 504 g/mol. The minimum atomic E-state index is -4.40. The molecule has 0 aliphatic heterocycles. The Kier molecular flexibility index (Phi) is 9.68. The first-order valence-electron chi connectivity index (χ1n) is 8.69. The molecule has 0 spiro atoms. The number of ether oxygens (including phenoxy) is 2. The number of benzene rings is 1. The molecule has 164 valence electrons. The van der Waals surface area contributed by atoms with Crippen LogP contribution < -0.4 is 14.8 Å². The lowest BCUT2D eigenvalue weighted by Gasteiger charge is -2.12. The number of pyridine rings is 1. The second-order valence-corrected chi connectivity index (χ2v) is 7.76. The van der Waals surface area contributed by atoms with E-state index < -0.39 is 11.7 Å². The molecule has 2 rings (SSSR count). The third-order valence-electron chi connectivity index (χ3n) is 3.67. The highest BCUT2D eigenvalue weighted by Gasteiger charge is 2.30. The zero-order valence-electron chi connectivity index (χ0n) is 15.4. The van der Waals surface area contributed by atoms with Crippen LogP contribution in [0.25, 0.3) is 0 Å². The van der Waals surface area contributed by atoms with Crippen molar-refractivity contribution in [3.63, 3.8) is 0 Å². The van der Waals surface area contributed by atoms with E-state index in [-0.39, 0.29) is 11.1 Å². The smallest absolute Gasteiger partial charge is 0.417 e. The van der Waals surface area contributed by atoms with Crippen molar-refractivity contribution in [2.75, 3.05) is 25.1 Å². The van der Waals surface area contributed by atoms with Crippen molar-refractivity contribution in [2.45, 2.75) is 19.0 Å². The lowest BCUT2D eigenvalue weighted by Crippen LogP contribution is -2.08. The number of aromatic nitrogens is 1. The number of nitrogens with one attached hydrogen (secondary N) is 1. The molecular weight excluding hydrogens is 487 g/mol. The molecule has 1 N–H and O–H groups in total. The van der Waals surface area contributed by atoms with Crippen molar-refractivity contribution in [1.29, 1.82) is 0 Å². The van der Waals surface area contributed by atoms with Crippen molar-refractivity contribution >= 4 is 52.2 Å². The van der Waals surface area contributed by atoms with Crippen molar-refractivity contribution in [3.05, 3.63) is 56.6 Å². The van der Waals surface area contributed by atoms with Gasteiger partial charge in [-0.2, -0.15) is 13.2 Å². The number of nitrogens with zero attached hydrogens (tertiary/aromatic N) is 1. The normalized spacial score (nSPS) is 11.2. The SMILES string of the molecule is FC(F)(F)c1ccc(NCCCCOc2c(Cl)cc(OCC=C(Cl)Cl)cc2Cl)nc1. The Morgan fingerprint density at radius 3 is 2.33 bits per heavy atom. The van der Waals surface area contributed by atoms with Gasteiger partial charge in [0.2, 0.25) is 0 Å². The molecule has 2 aromatic rings. The van der Waals surface area contributed by atoms with E-state index >= 15 is 0 Å². The molecule has 0 aliphatic rings. The Labute approximate surface area is 191 Å². The van der Waals surface area contributed by atoms with Gasteiger partial charge in [-0.05, 0) is 31.1 Å². The van der Waals surface area contributed by atoms with Gasteiger partial charge in [-0.15, -0.1) is 0 Å². The molecule has 0 unspecified atom stereocenters. The monoisotopic (exact) mass is 502 g/mol. The summed E-state index contributed by atoms with van der Waals surface area (Å²) in [4.78, 5) is 3.75. The fourth-order valence-electron chi connectivity index (χ4n) is 2.24. The molecule has 0 radical (unpaired) electrons. The lowest BCUT2D eigenvalue weighted by molar-refractivity contribution is -0.137. The van der Waals surface area contributed by atoms with Crippen molar-refractivity contribution < 1.29 is 22.6 Å². The second-order valence-electron chi connectivity index (χ2n) is 5.93. The fourth-order valence-corrected chi connectivity index (χ4v) is 2.94. The maximum atomic E-state index is 12.5. The van der Waals surface area contributed by atoms with Crippen LogP contribution in [-0.2, 0) is 6.18 Å². The van der Waals surface area contributed by atoms with E-state index in [0.29, 0.717) is 53.4 Å². The molecule has 0 fully saturated rings. The van der Waals surface area contributed by atoms with Crippen LogP contribution in [0.5, 0.6) is 11.5 Å². The maximum Gasteiger partial charge on any atom is 0.417 e. The summed E-state index contributed by atoms with van der Waals surface area (Å²) in [6.07, 6.45) is -0.764. The molecule has 0 aliphatic carbocycles. The van der Waals surface area contributed by atoms with Gasteiger partial charge in [0, 0.05) is 24.9 Å². The lowest BCUT2D eigenvalue weighted by atomic mass is 10.2. The van der Waals surface area contributed by atoms with Gasteiger partial charge in [-0.3, -0.25) is 0 Å². The Bertz CT molecular complexity index is 835. The van der Waals surface area contributed by atoms with E-state index in [4.69, 9.17) is 55.9 Å². The predicted molar refractivity (Wildman–Crippen MR) is 114 cm³/mol. The van der Waals surface area contributed by atoms with Gasteiger partial charge < -0.3 is 14.8 Å². The third-order valence-corrected chi connectivity index (χ3v) is 4.54. The molecule has 11 heteroatoms. The van der Waals surface area contributed by atoms with Crippen LogP contribution in [0, 0.1) is 0 Å².